The molecule has 0 aromatic rings. The van der Waals surface area contributed by atoms with Crippen molar-refractivity contribution >= 4 is 0 Å². The average molecular weight is 183 g/mol. The van der Waals surface area contributed by atoms with E-state index in [1.165, 1.54) is 24.8 Å². The van der Waals surface area contributed by atoms with E-state index in [2.05, 4.69) is 18.4 Å². The standard InChI is InChI=1S/C11H21NO/c1-10(2)8-12-7-5-3-4-6-11(12)9-13/h11,13H,1,3-9H2,2H3. The second-order valence-corrected chi connectivity index (χ2v) is 4.11. The van der Waals surface area contributed by atoms with Gasteiger partial charge in [0.2, 0.25) is 0 Å². The average Bonchev–Trinajstić information content (AvgIpc) is 2.28. The smallest absolute Gasteiger partial charge is 0.0586 e. The van der Waals surface area contributed by atoms with Gasteiger partial charge in [0.15, 0.2) is 0 Å². The van der Waals surface area contributed by atoms with Crippen molar-refractivity contribution in [2.45, 2.75) is 38.6 Å². The van der Waals surface area contributed by atoms with Crippen LogP contribution in [-0.4, -0.2) is 35.7 Å². The molecule has 1 rings (SSSR count). The number of likely N-dealkylation sites (tertiary alicyclic amines) is 1. The van der Waals surface area contributed by atoms with Gasteiger partial charge in [-0.15, -0.1) is 0 Å². The van der Waals surface area contributed by atoms with Crippen molar-refractivity contribution in [3.63, 3.8) is 0 Å². The Morgan fingerprint density at radius 2 is 2.23 bits per heavy atom. The van der Waals surface area contributed by atoms with Gasteiger partial charge in [0.05, 0.1) is 6.61 Å². The third kappa shape index (κ3) is 3.49. The van der Waals surface area contributed by atoms with E-state index >= 15 is 0 Å². The molecule has 1 saturated heterocycles. The van der Waals surface area contributed by atoms with Gasteiger partial charge in [-0.05, 0) is 26.3 Å². The molecule has 1 aliphatic heterocycles. The number of rotatable bonds is 3. The molecule has 1 aliphatic rings. The quantitative estimate of drug-likeness (QED) is 0.674. The first-order chi connectivity index (χ1) is 6.24. The van der Waals surface area contributed by atoms with Crippen molar-refractivity contribution in [3.05, 3.63) is 12.2 Å². The molecule has 0 bridgehead atoms. The van der Waals surface area contributed by atoms with Gasteiger partial charge < -0.3 is 5.11 Å². The van der Waals surface area contributed by atoms with Gasteiger partial charge in [-0.3, -0.25) is 4.90 Å². The number of aliphatic hydroxyl groups excluding tert-OH is 1. The zero-order valence-corrected chi connectivity index (χ0v) is 8.63. The van der Waals surface area contributed by atoms with Gasteiger partial charge in [-0.1, -0.05) is 25.0 Å². The van der Waals surface area contributed by atoms with Crippen molar-refractivity contribution in [1.82, 2.24) is 4.90 Å². The Hall–Kier alpha value is -0.340. The summed E-state index contributed by atoms with van der Waals surface area (Å²) >= 11 is 0. The third-order valence-corrected chi connectivity index (χ3v) is 2.68. The highest BCUT2D eigenvalue weighted by atomic mass is 16.3. The first-order valence-corrected chi connectivity index (χ1v) is 5.23. The summed E-state index contributed by atoms with van der Waals surface area (Å²) in [7, 11) is 0. The minimum Gasteiger partial charge on any atom is -0.395 e. The Balaban J connectivity index is 2.48. The normalized spacial score (nSPS) is 25.5. The van der Waals surface area contributed by atoms with Crippen molar-refractivity contribution in [3.8, 4) is 0 Å². The Bertz CT molecular complexity index is 167. The number of aliphatic hydroxyl groups is 1. The lowest BCUT2D eigenvalue weighted by molar-refractivity contribution is 0.133. The van der Waals surface area contributed by atoms with E-state index in [4.69, 9.17) is 0 Å². The monoisotopic (exact) mass is 183 g/mol. The van der Waals surface area contributed by atoms with Crippen LogP contribution in [0.1, 0.15) is 32.6 Å². The first-order valence-electron chi connectivity index (χ1n) is 5.23. The summed E-state index contributed by atoms with van der Waals surface area (Å²) in [5.41, 5.74) is 1.19. The van der Waals surface area contributed by atoms with Crippen molar-refractivity contribution < 1.29 is 5.11 Å². The molecule has 0 aliphatic carbocycles. The minimum atomic E-state index is 0.299. The Labute approximate surface area is 81.2 Å². The summed E-state index contributed by atoms with van der Waals surface area (Å²) in [6.07, 6.45) is 4.98. The highest BCUT2D eigenvalue weighted by Crippen LogP contribution is 2.17. The van der Waals surface area contributed by atoms with Crippen molar-refractivity contribution in [2.75, 3.05) is 19.7 Å². The molecule has 0 saturated carbocycles. The van der Waals surface area contributed by atoms with Crippen molar-refractivity contribution in [2.24, 2.45) is 0 Å². The molecule has 1 unspecified atom stereocenters. The lowest BCUT2D eigenvalue weighted by Crippen LogP contribution is -2.38. The van der Waals surface area contributed by atoms with Gasteiger partial charge in [0.1, 0.15) is 0 Å². The molecule has 1 heterocycles. The summed E-state index contributed by atoms with van der Waals surface area (Å²) in [6.45, 7) is 8.35. The minimum absolute atomic E-state index is 0.299. The molecule has 0 spiro atoms. The Morgan fingerprint density at radius 3 is 2.85 bits per heavy atom. The molecule has 76 valence electrons. The molecule has 0 aromatic heterocycles. The van der Waals surface area contributed by atoms with Gasteiger partial charge in [0.25, 0.3) is 0 Å². The van der Waals surface area contributed by atoms with E-state index < -0.39 is 0 Å². The fourth-order valence-corrected chi connectivity index (χ4v) is 2.00. The van der Waals surface area contributed by atoms with E-state index in [1.54, 1.807) is 0 Å². The molecule has 0 radical (unpaired) electrons. The van der Waals surface area contributed by atoms with Crippen LogP contribution in [0.2, 0.25) is 0 Å². The summed E-state index contributed by atoms with van der Waals surface area (Å²) in [5.74, 6) is 0. The summed E-state index contributed by atoms with van der Waals surface area (Å²) in [5, 5.41) is 9.23. The van der Waals surface area contributed by atoms with E-state index in [0.29, 0.717) is 12.6 Å². The van der Waals surface area contributed by atoms with Gasteiger partial charge in [-0.25, -0.2) is 0 Å². The molecular formula is C11H21NO. The van der Waals surface area contributed by atoms with Crippen LogP contribution in [0.5, 0.6) is 0 Å². The number of nitrogens with zero attached hydrogens (tertiary/aromatic N) is 1. The number of hydrogen-bond donors (Lipinski definition) is 1. The Kier molecular flexibility index (Phi) is 4.46. The van der Waals surface area contributed by atoms with Crippen LogP contribution in [-0.2, 0) is 0 Å². The van der Waals surface area contributed by atoms with Crippen LogP contribution >= 0.6 is 0 Å². The zero-order valence-electron chi connectivity index (χ0n) is 8.63. The van der Waals surface area contributed by atoms with Crippen LogP contribution < -0.4 is 0 Å². The fraction of sp³-hybridized carbons (Fsp3) is 0.818. The maximum Gasteiger partial charge on any atom is 0.0586 e. The lowest BCUT2D eigenvalue weighted by atomic mass is 10.1. The predicted octanol–water partition coefficient (Wildman–Crippen LogP) is 1.80. The summed E-state index contributed by atoms with van der Waals surface area (Å²) in [4.78, 5) is 2.37. The first kappa shape index (κ1) is 10.7. The van der Waals surface area contributed by atoms with Crippen LogP contribution in [0.4, 0.5) is 0 Å². The molecule has 1 N–H and O–H groups in total. The number of hydrogen-bond acceptors (Lipinski definition) is 2. The van der Waals surface area contributed by atoms with Gasteiger partial charge >= 0.3 is 0 Å². The van der Waals surface area contributed by atoms with E-state index in [1.807, 2.05) is 0 Å². The Morgan fingerprint density at radius 1 is 1.46 bits per heavy atom. The highest BCUT2D eigenvalue weighted by Gasteiger charge is 2.19. The molecule has 1 fully saturated rings. The molecular weight excluding hydrogens is 162 g/mol. The molecule has 1 atom stereocenters. The summed E-state index contributed by atoms with van der Waals surface area (Å²) in [6, 6.07) is 0.374. The van der Waals surface area contributed by atoms with Gasteiger partial charge in [0, 0.05) is 12.6 Å². The maximum absolute atomic E-state index is 9.23. The van der Waals surface area contributed by atoms with E-state index in [9.17, 15) is 5.11 Å². The van der Waals surface area contributed by atoms with Crippen LogP contribution in [0.25, 0.3) is 0 Å². The van der Waals surface area contributed by atoms with Crippen LogP contribution in [0.15, 0.2) is 12.2 Å². The van der Waals surface area contributed by atoms with Gasteiger partial charge in [-0.2, -0.15) is 0 Å². The lowest BCUT2D eigenvalue weighted by Gasteiger charge is -2.28. The second-order valence-electron chi connectivity index (χ2n) is 4.11. The fourth-order valence-electron chi connectivity index (χ4n) is 2.00. The van der Waals surface area contributed by atoms with Crippen molar-refractivity contribution in [1.29, 1.82) is 0 Å². The van der Waals surface area contributed by atoms with Crippen LogP contribution in [0.3, 0.4) is 0 Å². The highest BCUT2D eigenvalue weighted by molar-refractivity contribution is 4.93. The SMILES string of the molecule is C=C(C)CN1CCCCCC1CO. The van der Waals surface area contributed by atoms with E-state index in [0.717, 1.165) is 19.5 Å². The molecule has 2 heteroatoms. The second kappa shape index (κ2) is 5.40. The molecule has 2 nitrogen and oxygen atoms in total. The van der Waals surface area contributed by atoms with Crippen LogP contribution in [0, 0.1) is 0 Å². The molecule has 0 amide bonds. The predicted molar refractivity (Wildman–Crippen MR) is 55.7 cm³/mol. The molecule has 0 aromatic carbocycles. The summed E-state index contributed by atoms with van der Waals surface area (Å²) < 4.78 is 0. The molecule has 13 heavy (non-hydrogen) atoms. The third-order valence-electron chi connectivity index (χ3n) is 2.68. The topological polar surface area (TPSA) is 23.5 Å². The maximum atomic E-state index is 9.23. The van der Waals surface area contributed by atoms with E-state index in [-0.39, 0.29) is 0 Å². The largest absolute Gasteiger partial charge is 0.395 e. The zero-order chi connectivity index (χ0) is 9.68.